The molecule has 309 valence electrons. The van der Waals surface area contributed by atoms with Crippen LogP contribution in [0.2, 0.25) is 0 Å². The third kappa shape index (κ3) is 5.26. The number of benzene rings is 7. The Morgan fingerprint density at radius 1 is 0.540 bits per heavy atom. The van der Waals surface area contributed by atoms with Crippen LogP contribution in [0.25, 0.3) is 75.7 Å². The molecule has 4 heterocycles. The van der Waals surface area contributed by atoms with Gasteiger partial charge in [-0.05, 0) is 145 Å². The van der Waals surface area contributed by atoms with Crippen LogP contribution in [0.3, 0.4) is 0 Å². The van der Waals surface area contributed by atoms with Crippen LogP contribution >= 0.6 is 11.3 Å². The van der Waals surface area contributed by atoms with E-state index in [1.54, 1.807) is 0 Å². The number of hydrogen-bond donors (Lipinski definition) is 1. The normalized spacial score (nSPS) is 18.2. The van der Waals surface area contributed by atoms with Crippen molar-refractivity contribution >= 4 is 111 Å². The maximum absolute atomic E-state index is 7.15. The second-order valence-corrected chi connectivity index (χ2v) is 22.8. The number of aromatic amines is 1. The minimum absolute atomic E-state index is 0.0480. The smallest absolute Gasteiger partial charge is 0.212 e. The molecule has 0 fully saturated rings. The summed E-state index contributed by atoms with van der Waals surface area (Å²) in [5.41, 5.74) is 17.6. The predicted molar refractivity (Wildman–Crippen MR) is 272 cm³/mol. The Balaban J connectivity index is 1.16. The predicted octanol–water partition coefficient (Wildman–Crippen LogP) is 15.4. The van der Waals surface area contributed by atoms with Crippen molar-refractivity contribution < 1.29 is 4.42 Å². The second kappa shape index (κ2) is 12.5. The zero-order valence-electron chi connectivity index (χ0n) is 37.6. The fraction of sp³-hybridized carbons (Fsp3) is 0.276. The Kier molecular flexibility index (Phi) is 7.48. The number of hydrogen-bond acceptors (Lipinski definition) is 3. The third-order valence-electron chi connectivity index (χ3n) is 16.0. The van der Waals surface area contributed by atoms with Crippen LogP contribution in [0.1, 0.15) is 103 Å². The highest BCUT2D eigenvalue weighted by atomic mass is 32.1. The first kappa shape index (κ1) is 37.8. The quantitative estimate of drug-likeness (QED) is 0.176. The van der Waals surface area contributed by atoms with Gasteiger partial charge >= 0.3 is 0 Å². The monoisotopic (exact) mass is 835 g/mol. The number of fused-ring (bicyclic) bond motifs is 14. The van der Waals surface area contributed by atoms with Crippen LogP contribution in [0.15, 0.2) is 120 Å². The number of rotatable bonds is 2. The number of H-pyrrole nitrogens is 1. The number of para-hydroxylation sites is 2. The number of furan rings is 1. The Labute approximate surface area is 374 Å². The average molecular weight is 836 g/mol. The summed E-state index contributed by atoms with van der Waals surface area (Å²) in [6.45, 7) is 19.6. The van der Waals surface area contributed by atoms with E-state index in [-0.39, 0.29) is 21.7 Å². The topological polar surface area (TPSA) is 32.2 Å². The summed E-state index contributed by atoms with van der Waals surface area (Å²) < 4.78 is 9.79. The Morgan fingerprint density at radius 3 is 1.95 bits per heavy atom. The van der Waals surface area contributed by atoms with Gasteiger partial charge in [-0.3, -0.25) is 0 Å². The van der Waals surface area contributed by atoms with Crippen LogP contribution in [-0.4, -0.2) is 12.3 Å². The summed E-state index contributed by atoms with van der Waals surface area (Å²) in [6, 6.07) is 43.8. The molecule has 5 heteroatoms. The molecule has 0 saturated carbocycles. The molecule has 0 bridgehead atoms. The lowest BCUT2D eigenvalue weighted by Crippen LogP contribution is -2.40. The minimum atomic E-state index is 0.0480. The van der Waals surface area contributed by atoms with Crippen LogP contribution in [0.5, 0.6) is 0 Å². The summed E-state index contributed by atoms with van der Waals surface area (Å²) in [5, 5.41) is 8.60. The van der Waals surface area contributed by atoms with Crippen molar-refractivity contribution in [2.24, 2.45) is 0 Å². The van der Waals surface area contributed by atoms with Gasteiger partial charge in [0.15, 0.2) is 5.58 Å². The van der Waals surface area contributed by atoms with Crippen LogP contribution in [0, 0.1) is 0 Å². The largest absolute Gasteiger partial charge is 0.454 e. The fourth-order valence-electron chi connectivity index (χ4n) is 12.0. The molecule has 1 radical (unpaired) electrons. The summed E-state index contributed by atoms with van der Waals surface area (Å²) >= 11 is 1.95. The van der Waals surface area contributed by atoms with Crippen molar-refractivity contribution in [3.63, 3.8) is 0 Å². The number of nitrogens with zero attached hydrogens (tertiary/aromatic N) is 1. The van der Waals surface area contributed by atoms with Crippen molar-refractivity contribution in [1.82, 2.24) is 4.98 Å². The summed E-state index contributed by atoms with van der Waals surface area (Å²) in [7, 11) is 2.50. The van der Waals surface area contributed by atoms with E-state index in [1.807, 2.05) is 11.3 Å². The maximum Gasteiger partial charge on any atom is 0.212 e. The van der Waals surface area contributed by atoms with Gasteiger partial charge in [-0.25, -0.2) is 0 Å². The highest BCUT2D eigenvalue weighted by molar-refractivity contribution is 7.29. The molecule has 63 heavy (non-hydrogen) atoms. The molecule has 0 spiro atoms. The minimum Gasteiger partial charge on any atom is -0.454 e. The van der Waals surface area contributed by atoms with Crippen molar-refractivity contribution in [2.45, 2.75) is 103 Å². The standard InChI is InChI=1S/C58H52BN2OS/c1-55(2)22-23-56(3,4)43-28-34(20-21-42(43)55)61-51-41-30-44-45(58(7,8)25-24-57(44,5)6)31-48(41)63-54(51)59-49-39(29-40-35-16-11-12-19-47(35)62-53(40)52(49)61)37-18-13-17-36-38-26-32-14-9-10-15-33(32)27-46(38)60-50(36)37/h9-21,26-31,60H,22-25H2,1-8H3. The first-order chi connectivity index (χ1) is 30.2. The SMILES string of the molecule is CC1(C)CCC(C)(C)c2cc(N3c4c(sc5cc6c(cc45)C(C)(C)CCC6(C)C)[B]c4c(-c5cccc6c5[nH]c5cc7ccccc7cc56)cc5c(oc6ccccc65)c43)ccc21. The molecule has 10 aromatic rings. The number of nitrogens with one attached hydrogen (secondary N) is 1. The molecule has 0 unspecified atom stereocenters. The summed E-state index contributed by atoms with van der Waals surface area (Å²) in [5.74, 6) is 0. The van der Waals surface area contributed by atoms with Gasteiger partial charge in [-0.2, -0.15) is 0 Å². The van der Waals surface area contributed by atoms with Gasteiger partial charge in [-0.15, -0.1) is 11.3 Å². The molecule has 3 aliphatic rings. The van der Waals surface area contributed by atoms with Gasteiger partial charge in [0, 0.05) is 48.4 Å². The van der Waals surface area contributed by atoms with Crippen molar-refractivity contribution in [2.75, 3.05) is 4.90 Å². The molecular weight excluding hydrogens is 784 g/mol. The highest BCUT2D eigenvalue weighted by Gasteiger charge is 2.42. The van der Waals surface area contributed by atoms with Gasteiger partial charge in [0.2, 0.25) is 7.28 Å². The van der Waals surface area contributed by atoms with Gasteiger partial charge < -0.3 is 14.3 Å². The lowest BCUT2D eigenvalue weighted by atomic mass is 9.61. The first-order valence-electron chi connectivity index (χ1n) is 23.0. The molecule has 7 aromatic carbocycles. The number of thiophene rings is 1. The molecule has 1 N–H and O–H groups in total. The maximum atomic E-state index is 7.15. The van der Waals surface area contributed by atoms with E-state index < -0.39 is 0 Å². The molecule has 0 amide bonds. The van der Waals surface area contributed by atoms with Gasteiger partial charge in [0.25, 0.3) is 0 Å². The summed E-state index contributed by atoms with van der Waals surface area (Å²) in [6.07, 6.45) is 4.71. The van der Waals surface area contributed by atoms with Crippen molar-refractivity contribution in [1.29, 1.82) is 0 Å². The van der Waals surface area contributed by atoms with Gasteiger partial charge in [0.05, 0.1) is 16.9 Å². The number of aromatic nitrogens is 1. The van der Waals surface area contributed by atoms with Gasteiger partial charge in [0.1, 0.15) is 5.58 Å². The average Bonchev–Trinajstić information content (AvgIpc) is 3.95. The van der Waals surface area contributed by atoms with E-state index in [0.29, 0.717) is 0 Å². The highest BCUT2D eigenvalue weighted by Crippen LogP contribution is 2.54. The Hall–Kier alpha value is -5.78. The van der Waals surface area contributed by atoms with Crippen LogP contribution in [-0.2, 0) is 21.7 Å². The van der Waals surface area contributed by atoms with E-state index in [1.165, 1.54) is 106 Å². The van der Waals surface area contributed by atoms with Gasteiger partial charge in [-0.1, -0.05) is 122 Å². The van der Waals surface area contributed by atoms with E-state index in [2.05, 4.69) is 188 Å². The van der Waals surface area contributed by atoms with E-state index >= 15 is 0 Å². The molecular formula is C58H52BN2OS. The molecule has 3 nitrogen and oxygen atoms in total. The summed E-state index contributed by atoms with van der Waals surface area (Å²) in [4.78, 5) is 6.58. The van der Waals surface area contributed by atoms with Crippen LogP contribution in [0.4, 0.5) is 17.1 Å². The van der Waals surface area contributed by atoms with Crippen molar-refractivity contribution in [3.05, 3.63) is 138 Å². The van der Waals surface area contributed by atoms with E-state index in [0.717, 1.165) is 45.1 Å². The molecule has 3 aromatic heterocycles. The molecule has 0 saturated heterocycles. The van der Waals surface area contributed by atoms with E-state index in [4.69, 9.17) is 4.42 Å². The fourth-order valence-corrected chi connectivity index (χ4v) is 13.1. The zero-order chi connectivity index (χ0) is 42.9. The third-order valence-corrected chi connectivity index (χ3v) is 17.0. The first-order valence-corrected chi connectivity index (χ1v) is 23.8. The lowest BCUT2D eigenvalue weighted by Gasteiger charge is -2.43. The molecule has 13 rings (SSSR count). The van der Waals surface area contributed by atoms with E-state index in [9.17, 15) is 0 Å². The Bertz CT molecular complexity index is 3630. The van der Waals surface area contributed by atoms with Crippen molar-refractivity contribution in [3.8, 4) is 11.1 Å². The molecule has 2 aliphatic carbocycles. The lowest BCUT2D eigenvalue weighted by molar-refractivity contribution is 0.332. The molecule has 0 atom stereocenters. The zero-order valence-corrected chi connectivity index (χ0v) is 38.5. The van der Waals surface area contributed by atoms with Crippen LogP contribution < -0.4 is 15.1 Å². The molecule has 1 aliphatic heterocycles. The Morgan fingerprint density at radius 2 is 1.19 bits per heavy atom. The number of anilines is 3. The second-order valence-electron chi connectivity index (χ2n) is 21.7.